The fourth-order valence-electron chi connectivity index (χ4n) is 1.52. The first-order valence-corrected chi connectivity index (χ1v) is 6.58. The quantitative estimate of drug-likeness (QED) is 0.739. The highest BCUT2D eigenvalue weighted by Crippen LogP contribution is 2.22. The van der Waals surface area contributed by atoms with E-state index in [4.69, 9.17) is 10.5 Å². The third-order valence-corrected chi connectivity index (χ3v) is 2.75. The van der Waals surface area contributed by atoms with Crippen LogP contribution < -0.4 is 15.8 Å². The topological polar surface area (TPSA) is 67.6 Å². The zero-order valence-electron chi connectivity index (χ0n) is 11.9. The third-order valence-electron chi connectivity index (χ3n) is 2.75. The van der Waals surface area contributed by atoms with Crippen LogP contribution in [0.2, 0.25) is 0 Å². The van der Waals surface area contributed by atoms with Crippen molar-refractivity contribution in [3.05, 3.63) is 18.2 Å². The molecule has 1 aromatic rings. The summed E-state index contributed by atoms with van der Waals surface area (Å²) in [6.07, 6.45) is 0.942. The number of amides is 1. The van der Waals surface area contributed by atoms with Gasteiger partial charge in [0.05, 0.1) is 13.2 Å². The second-order valence-electron chi connectivity index (χ2n) is 4.40. The number of anilines is 2. The number of nitrogens with two attached hydrogens (primary N) is 1. The van der Waals surface area contributed by atoms with Gasteiger partial charge in [0.15, 0.2) is 0 Å². The van der Waals surface area contributed by atoms with E-state index in [9.17, 15) is 4.79 Å². The number of benzene rings is 1. The fraction of sp³-hybridized carbons (Fsp3) is 0.500. The SMILES string of the molecule is CCCOc1cc(N)cc(NCC(=O)N(C)CC)c1. The van der Waals surface area contributed by atoms with E-state index >= 15 is 0 Å². The van der Waals surface area contributed by atoms with Gasteiger partial charge >= 0.3 is 0 Å². The molecule has 0 radical (unpaired) electrons. The van der Waals surface area contributed by atoms with Gasteiger partial charge in [0, 0.05) is 37.1 Å². The summed E-state index contributed by atoms with van der Waals surface area (Å²) in [5.41, 5.74) is 7.22. The minimum Gasteiger partial charge on any atom is -0.493 e. The van der Waals surface area contributed by atoms with E-state index in [1.807, 2.05) is 19.9 Å². The van der Waals surface area contributed by atoms with Crippen LogP contribution in [0.25, 0.3) is 0 Å². The predicted octanol–water partition coefficient (Wildman–Crippen LogP) is 1.95. The van der Waals surface area contributed by atoms with E-state index in [2.05, 4.69) is 5.32 Å². The largest absolute Gasteiger partial charge is 0.493 e. The van der Waals surface area contributed by atoms with Crippen molar-refractivity contribution in [2.75, 3.05) is 37.8 Å². The van der Waals surface area contributed by atoms with Crippen molar-refractivity contribution in [2.45, 2.75) is 20.3 Å². The minimum absolute atomic E-state index is 0.0425. The number of carbonyl (C=O) groups excluding carboxylic acids is 1. The first-order chi connectivity index (χ1) is 9.06. The van der Waals surface area contributed by atoms with Gasteiger partial charge in [0.25, 0.3) is 0 Å². The van der Waals surface area contributed by atoms with Crippen LogP contribution in [0.4, 0.5) is 11.4 Å². The molecule has 1 aromatic carbocycles. The standard InChI is InChI=1S/C14H23N3O2/c1-4-6-19-13-8-11(15)7-12(9-13)16-10-14(18)17(3)5-2/h7-9,16H,4-6,10,15H2,1-3H3. The van der Waals surface area contributed by atoms with Crippen LogP contribution in [-0.4, -0.2) is 37.6 Å². The predicted molar refractivity (Wildman–Crippen MR) is 78.4 cm³/mol. The molecule has 5 nitrogen and oxygen atoms in total. The van der Waals surface area contributed by atoms with Crippen molar-refractivity contribution in [3.63, 3.8) is 0 Å². The second-order valence-corrected chi connectivity index (χ2v) is 4.40. The van der Waals surface area contributed by atoms with E-state index in [-0.39, 0.29) is 12.5 Å². The molecule has 0 aliphatic carbocycles. The average Bonchev–Trinajstić information content (AvgIpc) is 2.41. The van der Waals surface area contributed by atoms with E-state index in [0.29, 0.717) is 18.8 Å². The molecule has 3 N–H and O–H groups in total. The van der Waals surface area contributed by atoms with Crippen molar-refractivity contribution >= 4 is 17.3 Å². The van der Waals surface area contributed by atoms with E-state index < -0.39 is 0 Å². The van der Waals surface area contributed by atoms with Crippen LogP contribution in [0.15, 0.2) is 18.2 Å². The number of likely N-dealkylation sites (N-methyl/N-ethyl adjacent to an activating group) is 1. The lowest BCUT2D eigenvalue weighted by atomic mass is 10.2. The Morgan fingerprint density at radius 2 is 2.11 bits per heavy atom. The highest BCUT2D eigenvalue weighted by atomic mass is 16.5. The number of rotatable bonds is 7. The number of nitrogen functional groups attached to an aromatic ring is 1. The maximum absolute atomic E-state index is 11.7. The molecular formula is C14H23N3O2. The van der Waals surface area contributed by atoms with Crippen molar-refractivity contribution in [2.24, 2.45) is 0 Å². The third kappa shape index (κ3) is 5.07. The zero-order chi connectivity index (χ0) is 14.3. The Hall–Kier alpha value is -1.91. The van der Waals surface area contributed by atoms with Gasteiger partial charge in [-0.15, -0.1) is 0 Å². The Morgan fingerprint density at radius 1 is 1.37 bits per heavy atom. The molecule has 0 spiro atoms. The normalized spacial score (nSPS) is 10.1. The first kappa shape index (κ1) is 15.1. The lowest BCUT2D eigenvalue weighted by molar-refractivity contribution is -0.127. The Labute approximate surface area is 114 Å². The lowest BCUT2D eigenvalue weighted by Gasteiger charge is -2.16. The van der Waals surface area contributed by atoms with Crippen molar-refractivity contribution in [1.29, 1.82) is 0 Å². The molecule has 106 valence electrons. The van der Waals surface area contributed by atoms with Crippen LogP contribution in [0, 0.1) is 0 Å². The molecule has 5 heteroatoms. The smallest absolute Gasteiger partial charge is 0.241 e. The van der Waals surface area contributed by atoms with Crippen LogP contribution in [0.5, 0.6) is 5.75 Å². The van der Waals surface area contributed by atoms with Gasteiger partial charge in [-0.05, 0) is 19.4 Å². The first-order valence-electron chi connectivity index (χ1n) is 6.58. The average molecular weight is 265 g/mol. The Bertz CT molecular complexity index is 421. The van der Waals surface area contributed by atoms with Crippen molar-refractivity contribution in [1.82, 2.24) is 4.90 Å². The molecule has 0 fully saturated rings. The highest BCUT2D eigenvalue weighted by Gasteiger charge is 2.06. The van der Waals surface area contributed by atoms with E-state index in [1.165, 1.54) is 0 Å². The summed E-state index contributed by atoms with van der Waals surface area (Å²) in [5.74, 6) is 0.765. The fourth-order valence-corrected chi connectivity index (χ4v) is 1.52. The van der Waals surface area contributed by atoms with Gasteiger partial charge in [-0.25, -0.2) is 0 Å². The maximum Gasteiger partial charge on any atom is 0.241 e. The molecule has 0 saturated heterocycles. The van der Waals surface area contributed by atoms with Gasteiger partial charge < -0.3 is 20.7 Å². The van der Waals surface area contributed by atoms with E-state index in [0.717, 1.165) is 17.9 Å². The molecule has 0 aliphatic heterocycles. The molecule has 0 saturated carbocycles. The number of ether oxygens (including phenoxy) is 1. The van der Waals surface area contributed by atoms with Crippen LogP contribution in [0.1, 0.15) is 20.3 Å². The molecule has 0 bridgehead atoms. The molecule has 19 heavy (non-hydrogen) atoms. The molecule has 0 heterocycles. The van der Waals surface area contributed by atoms with E-state index in [1.54, 1.807) is 24.1 Å². The number of carbonyl (C=O) groups is 1. The summed E-state index contributed by atoms with van der Waals surface area (Å²) in [6.45, 7) is 5.59. The molecule has 1 rings (SSSR count). The Balaban J connectivity index is 2.62. The Morgan fingerprint density at radius 3 is 2.74 bits per heavy atom. The van der Waals surface area contributed by atoms with Gasteiger partial charge in [0.1, 0.15) is 5.75 Å². The minimum atomic E-state index is 0.0425. The van der Waals surface area contributed by atoms with Gasteiger partial charge in [0.2, 0.25) is 5.91 Å². The molecule has 0 aromatic heterocycles. The monoisotopic (exact) mass is 265 g/mol. The summed E-state index contributed by atoms with van der Waals surface area (Å²) >= 11 is 0. The van der Waals surface area contributed by atoms with Crippen LogP contribution in [0.3, 0.4) is 0 Å². The summed E-state index contributed by atoms with van der Waals surface area (Å²) in [4.78, 5) is 13.4. The van der Waals surface area contributed by atoms with Crippen LogP contribution in [-0.2, 0) is 4.79 Å². The van der Waals surface area contributed by atoms with Gasteiger partial charge in [-0.2, -0.15) is 0 Å². The van der Waals surface area contributed by atoms with Gasteiger partial charge in [-0.3, -0.25) is 4.79 Å². The second kappa shape index (κ2) is 7.51. The number of hydrogen-bond acceptors (Lipinski definition) is 4. The molecular weight excluding hydrogens is 242 g/mol. The van der Waals surface area contributed by atoms with Crippen molar-refractivity contribution < 1.29 is 9.53 Å². The molecule has 0 atom stereocenters. The molecule has 0 unspecified atom stereocenters. The molecule has 0 aliphatic rings. The van der Waals surface area contributed by atoms with Gasteiger partial charge in [-0.1, -0.05) is 6.92 Å². The number of nitrogens with one attached hydrogen (secondary N) is 1. The summed E-state index contributed by atoms with van der Waals surface area (Å²) in [6, 6.07) is 5.42. The van der Waals surface area contributed by atoms with Crippen LogP contribution >= 0.6 is 0 Å². The lowest BCUT2D eigenvalue weighted by Crippen LogP contribution is -2.31. The van der Waals surface area contributed by atoms with Crippen molar-refractivity contribution in [3.8, 4) is 5.75 Å². The summed E-state index contributed by atoms with van der Waals surface area (Å²) in [5, 5.41) is 3.07. The number of nitrogens with zero attached hydrogens (tertiary/aromatic N) is 1. The highest BCUT2D eigenvalue weighted by molar-refractivity contribution is 5.80. The number of hydrogen-bond donors (Lipinski definition) is 2. The molecule has 1 amide bonds. The maximum atomic E-state index is 11.7. The summed E-state index contributed by atoms with van der Waals surface area (Å²) < 4.78 is 5.54. The zero-order valence-corrected chi connectivity index (χ0v) is 11.9. The summed E-state index contributed by atoms with van der Waals surface area (Å²) in [7, 11) is 1.78. The Kier molecular flexibility index (Phi) is 5.99.